The molecule has 0 aliphatic heterocycles. The van der Waals surface area contributed by atoms with Crippen LogP contribution in [0.5, 0.6) is 0 Å². The Morgan fingerprint density at radius 2 is 2.20 bits per heavy atom. The molecule has 0 spiro atoms. The number of hydrogen-bond acceptors (Lipinski definition) is 4. The van der Waals surface area contributed by atoms with Crippen LogP contribution in [0.1, 0.15) is 24.8 Å². The lowest BCUT2D eigenvalue weighted by Crippen LogP contribution is -2.28. The van der Waals surface area contributed by atoms with Gasteiger partial charge in [0.15, 0.2) is 0 Å². The highest BCUT2D eigenvalue weighted by Gasteiger charge is 2.30. The van der Waals surface area contributed by atoms with Crippen LogP contribution in [0.2, 0.25) is 0 Å². The Morgan fingerprint density at radius 1 is 1.50 bits per heavy atom. The highest BCUT2D eigenvalue weighted by molar-refractivity contribution is 5.66. The standard InChI is InChI=1S/C13H15FN2O4/c14-10-1-4-12(16(19)20)9(7-10)8-15(11-2-3-11)6-5-13(17)18/h1,4,7,11H,2-3,5-6,8H2,(H,17,18). The van der Waals surface area contributed by atoms with Crippen LogP contribution in [0.3, 0.4) is 0 Å². The lowest BCUT2D eigenvalue weighted by Gasteiger charge is -2.21. The summed E-state index contributed by atoms with van der Waals surface area (Å²) < 4.78 is 13.3. The lowest BCUT2D eigenvalue weighted by atomic mass is 10.1. The first-order valence-corrected chi connectivity index (χ1v) is 6.36. The van der Waals surface area contributed by atoms with E-state index in [1.54, 1.807) is 0 Å². The van der Waals surface area contributed by atoms with Crippen molar-refractivity contribution in [1.82, 2.24) is 4.90 Å². The number of rotatable bonds is 7. The Bertz CT molecular complexity index is 531. The first kappa shape index (κ1) is 14.4. The summed E-state index contributed by atoms with van der Waals surface area (Å²) in [6.45, 7) is 0.514. The van der Waals surface area contributed by atoms with Gasteiger partial charge in [-0.2, -0.15) is 0 Å². The zero-order valence-electron chi connectivity index (χ0n) is 10.8. The van der Waals surface area contributed by atoms with Gasteiger partial charge in [0, 0.05) is 30.8 Å². The SMILES string of the molecule is O=C(O)CCN(Cc1cc(F)ccc1[N+](=O)[O-])C1CC1. The molecule has 0 heterocycles. The number of benzene rings is 1. The maximum Gasteiger partial charge on any atom is 0.304 e. The van der Waals surface area contributed by atoms with E-state index in [0.717, 1.165) is 31.0 Å². The Morgan fingerprint density at radius 3 is 2.75 bits per heavy atom. The Hall–Kier alpha value is -2.02. The molecule has 0 saturated heterocycles. The van der Waals surface area contributed by atoms with Crippen molar-refractivity contribution in [2.75, 3.05) is 6.54 Å². The fraction of sp³-hybridized carbons (Fsp3) is 0.462. The van der Waals surface area contributed by atoms with E-state index in [4.69, 9.17) is 5.11 Å². The molecule has 0 radical (unpaired) electrons. The quantitative estimate of drug-likeness (QED) is 0.612. The average molecular weight is 282 g/mol. The van der Waals surface area contributed by atoms with E-state index in [1.165, 1.54) is 0 Å². The summed E-state index contributed by atoms with van der Waals surface area (Å²) in [4.78, 5) is 22.9. The number of carboxylic acids is 1. The molecule has 1 saturated carbocycles. The summed E-state index contributed by atoms with van der Waals surface area (Å²) >= 11 is 0. The highest BCUT2D eigenvalue weighted by atomic mass is 19.1. The molecule has 6 nitrogen and oxygen atoms in total. The van der Waals surface area contributed by atoms with Gasteiger partial charge in [-0.15, -0.1) is 0 Å². The van der Waals surface area contributed by atoms with Crippen molar-refractivity contribution in [3.63, 3.8) is 0 Å². The zero-order valence-corrected chi connectivity index (χ0v) is 10.8. The van der Waals surface area contributed by atoms with E-state index < -0.39 is 16.7 Å². The van der Waals surface area contributed by atoms with Crippen molar-refractivity contribution in [2.24, 2.45) is 0 Å². The molecule has 1 aliphatic rings. The first-order chi connectivity index (χ1) is 9.47. The van der Waals surface area contributed by atoms with Crippen molar-refractivity contribution in [3.05, 3.63) is 39.7 Å². The third-order valence-corrected chi connectivity index (χ3v) is 3.29. The molecule has 1 fully saturated rings. The van der Waals surface area contributed by atoms with Gasteiger partial charge in [0.2, 0.25) is 0 Å². The molecule has 0 unspecified atom stereocenters. The number of aliphatic carboxylic acids is 1. The van der Waals surface area contributed by atoms with Gasteiger partial charge in [0.05, 0.1) is 11.3 Å². The molecule has 1 N–H and O–H groups in total. The van der Waals surface area contributed by atoms with Gasteiger partial charge < -0.3 is 5.11 Å². The molecular formula is C13H15FN2O4. The summed E-state index contributed by atoms with van der Waals surface area (Å²) in [5.41, 5.74) is 0.152. The summed E-state index contributed by atoms with van der Waals surface area (Å²) in [7, 11) is 0. The van der Waals surface area contributed by atoms with Crippen LogP contribution < -0.4 is 0 Å². The van der Waals surface area contributed by atoms with Crippen LogP contribution in [-0.2, 0) is 11.3 Å². The number of halogens is 1. The maximum absolute atomic E-state index is 13.3. The molecular weight excluding hydrogens is 267 g/mol. The molecule has 1 aliphatic carbocycles. The Kier molecular flexibility index (Phi) is 4.29. The van der Waals surface area contributed by atoms with Crippen LogP contribution in [0.4, 0.5) is 10.1 Å². The number of carbonyl (C=O) groups is 1. The van der Waals surface area contributed by atoms with Gasteiger partial charge in [-0.05, 0) is 25.0 Å². The average Bonchev–Trinajstić information content (AvgIpc) is 3.18. The van der Waals surface area contributed by atoms with Crippen LogP contribution in [0.25, 0.3) is 0 Å². The lowest BCUT2D eigenvalue weighted by molar-refractivity contribution is -0.385. The first-order valence-electron chi connectivity index (χ1n) is 6.36. The summed E-state index contributed by atoms with van der Waals surface area (Å²) in [6.07, 6.45) is 1.87. The third-order valence-electron chi connectivity index (χ3n) is 3.29. The fourth-order valence-electron chi connectivity index (χ4n) is 2.15. The zero-order chi connectivity index (χ0) is 14.7. The highest BCUT2D eigenvalue weighted by Crippen LogP contribution is 2.30. The topological polar surface area (TPSA) is 83.7 Å². The number of carboxylic acid groups (broad SMARTS) is 1. The van der Waals surface area contributed by atoms with Crippen molar-refractivity contribution in [3.8, 4) is 0 Å². The second kappa shape index (κ2) is 5.96. The summed E-state index contributed by atoms with van der Waals surface area (Å²) in [6, 6.07) is 3.60. The fourth-order valence-corrected chi connectivity index (χ4v) is 2.15. The monoisotopic (exact) mass is 282 g/mol. The molecule has 1 aromatic carbocycles. The van der Waals surface area contributed by atoms with E-state index in [9.17, 15) is 19.3 Å². The van der Waals surface area contributed by atoms with Gasteiger partial charge in [-0.3, -0.25) is 19.8 Å². The number of hydrogen-bond donors (Lipinski definition) is 1. The number of nitro benzene ring substituents is 1. The molecule has 108 valence electrons. The predicted molar refractivity (Wildman–Crippen MR) is 68.7 cm³/mol. The number of nitrogens with zero attached hydrogens (tertiary/aromatic N) is 2. The van der Waals surface area contributed by atoms with Crippen molar-refractivity contribution in [1.29, 1.82) is 0 Å². The minimum atomic E-state index is -0.913. The molecule has 0 bridgehead atoms. The van der Waals surface area contributed by atoms with Crippen molar-refractivity contribution in [2.45, 2.75) is 31.8 Å². The van der Waals surface area contributed by atoms with Crippen LogP contribution in [0, 0.1) is 15.9 Å². The van der Waals surface area contributed by atoms with E-state index >= 15 is 0 Å². The molecule has 0 atom stereocenters. The predicted octanol–water partition coefficient (Wildman–Crippen LogP) is 2.17. The van der Waals surface area contributed by atoms with E-state index in [0.29, 0.717) is 6.54 Å². The molecule has 7 heteroatoms. The molecule has 1 aromatic rings. The van der Waals surface area contributed by atoms with Crippen molar-refractivity contribution >= 4 is 11.7 Å². The molecule has 0 amide bonds. The second-order valence-corrected chi connectivity index (χ2v) is 4.88. The third kappa shape index (κ3) is 3.74. The maximum atomic E-state index is 13.3. The van der Waals surface area contributed by atoms with Gasteiger partial charge in [0.25, 0.3) is 5.69 Å². The minimum absolute atomic E-state index is 0.0282. The van der Waals surface area contributed by atoms with Gasteiger partial charge >= 0.3 is 5.97 Å². The Balaban J connectivity index is 2.15. The number of nitro groups is 1. The van der Waals surface area contributed by atoms with E-state index in [1.807, 2.05) is 4.90 Å². The van der Waals surface area contributed by atoms with Gasteiger partial charge in [0.1, 0.15) is 5.82 Å². The molecule has 0 aromatic heterocycles. The summed E-state index contributed by atoms with van der Waals surface area (Å²) in [5, 5.41) is 19.7. The molecule has 2 rings (SSSR count). The summed E-state index contributed by atoms with van der Waals surface area (Å²) in [5.74, 6) is -1.44. The van der Waals surface area contributed by atoms with Crippen LogP contribution in [-0.4, -0.2) is 33.5 Å². The smallest absolute Gasteiger partial charge is 0.304 e. The van der Waals surface area contributed by atoms with Crippen LogP contribution in [0.15, 0.2) is 18.2 Å². The van der Waals surface area contributed by atoms with Gasteiger partial charge in [-0.1, -0.05) is 0 Å². The Labute approximate surface area is 115 Å². The normalized spacial score (nSPS) is 14.5. The largest absolute Gasteiger partial charge is 0.481 e. The van der Waals surface area contributed by atoms with Crippen molar-refractivity contribution < 1.29 is 19.2 Å². The van der Waals surface area contributed by atoms with E-state index in [-0.39, 0.29) is 30.3 Å². The van der Waals surface area contributed by atoms with Gasteiger partial charge in [-0.25, -0.2) is 4.39 Å². The van der Waals surface area contributed by atoms with Crippen LogP contribution >= 0.6 is 0 Å². The minimum Gasteiger partial charge on any atom is -0.481 e. The molecule has 20 heavy (non-hydrogen) atoms. The van der Waals surface area contributed by atoms with E-state index in [2.05, 4.69) is 0 Å². The second-order valence-electron chi connectivity index (χ2n) is 4.88.